The van der Waals surface area contributed by atoms with Crippen molar-refractivity contribution in [2.45, 2.75) is 31.7 Å². The third kappa shape index (κ3) is 2.06. The van der Waals surface area contributed by atoms with Gasteiger partial charge in [0, 0.05) is 24.5 Å². The van der Waals surface area contributed by atoms with Crippen molar-refractivity contribution in [2.75, 3.05) is 13.1 Å². The molecule has 3 N–H and O–H groups in total. The van der Waals surface area contributed by atoms with Crippen LogP contribution in [0.4, 0.5) is 0 Å². The highest BCUT2D eigenvalue weighted by atomic mass is 15.0. The normalized spacial score (nSPS) is 30.7. The smallest absolute Gasteiger partial charge is 0.0333 e. The maximum Gasteiger partial charge on any atom is 0.0333 e. The highest BCUT2D eigenvalue weighted by Crippen LogP contribution is 2.29. The monoisotopic (exact) mass is 204 g/mol. The van der Waals surface area contributed by atoms with Crippen molar-refractivity contribution in [3.8, 4) is 0 Å². The molecular weight excluding hydrogens is 184 g/mol. The van der Waals surface area contributed by atoms with Gasteiger partial charge in [-0.05, 0) is 24.5 Å². The van der Waals surface area contributed by atoms with Gasteiger partial charge in [-0.25, -0.2) is 0 Å². The summed E-state index contributed by atoms with van der Waals surface area (Å²) in [4.78, 5) is 0. The number of aryl methyl sites for hydroxylation is 1. The molecule has 0 aromatic heterocycles. The summed E-state index contributed by atoms with van der Waals surface area (Å²) in [7, 11) is 0. The van der Waals surface area contributed by atoms with E-state index >= 15 is 0 Å². The van der Waals surface area contributed by atoms with E-state index in [0.717, 1.165) is 19.5 Å². The fraction of sp³-hybridized carbons (Fsp3) is 0.538. The van der Waals surface area contributed by atoms with Gasteiger partial charge in [-0.2, -0.15) is 0 Å². The van der Waals surface area contributed by atoms with Gasteiger partial charge < -0.3 is 11.1 Å². The largest absolute Gasteiger partial charge is 0.324 e. The van der Waals surface area contributed by atoms with Crippen LogP contribution in [-0.2, 0) is 6.42 Å². The second-order valence-electron chi connectivity index (χ2n) is 4.78. The summed E-state index contributed by atoms with van der Waals surface area (Å²) in [6.07, 6.45) is 1.10. The SMILES string of the molecule is CCc1ccc(C2CNCC2(C)N)cc1. The molecule has 1 aliphatic rings. The minimum absolute atomic E-state index is 0.103. The van der Waals surface area contributed by atoms with E-state index in [1.54, 1.807) is 0 Å². The van der Waals surface area contributed by atoms with Crippen LogP contribution in [0.3, 0.4) is 0 Å². The van der Waals surface area contributed by atoms with E-state index in [1.807, 2.05) is 0 Å². The Kier molecular flexibility index (Phi) is 2.81. The molecule has 0 spiro atoms. The van der Waals surface area contributed by atoms with E-state index in [9.17, 15) is 0 Å². The molecule has 2 unspecified atom stereocenters. The molecule has 1 heterocycles. The van der Waals surface area contributed by atoms with E-state index in [2.05, 4.69) is 43.4 Å². The molecule has 1 aromatic carbocycles. The van der Waals surface area contributed by atoms with Gasteiger partial charge in [-0.3, -0.25) is 0 Å². The number of benzene rings is 1. The molecule has 82 valence electrons. The van der Waals surface area contributed by atoms with Crippen molar-refractivity contribution >= 4 is 0 Å². The second kappa shape index (κ2) is 3.95. The van der Waals surface area contributed by atoms with Crippen molar-refractivity contribution in [3.05, 3.63) is 35.4 Å². The molecule has 2 heteroatoms. The summed E-state index contributed by atoms with van der Waals surface area (Å²) in [5, 5.41) is 3.36. The van der Waals surface area contributed by atoms with Gasteiger partial charge in [0.15, 0.2) is 0 Å². The molecule has 1 saturated heterocycles. The van der Waals surface area contributed by atoms with E-state index in [4.69, 9.17) is 5.73 Å². The molecule has 0 aliphatic carbocycles. The average molecular weight is 204 g/mol. The summed E-state index contributed by atoms with van der Waals surface area (Å²) in [5.41, 5.74) is 8.91. The first-order chi connectivity index (χ1) is 7.13. The van der Waals surface area contributed by atoms with Crippen LogP contribution in [0.2, 0.25) is 0 Å². The van der Waals surface area contributed by atoms with Crippen molar-refractivity contribution in [1.29, 1.82) is 0 Å². The summed E-state index contributed by atoms with van der Waals surface area (Å²) < 4.78 is 0. The van der Waals surface area contributed by atoms with Gasteiger partial charge in [0.05, 0.1) is 0 Å². The van der Waals surface area contributed by atoms with Crippen LogP contribution < -0.4 is 11.1 Å². The summed E-state index contributed by atoms with van der Waals surface area (Å²) in [6.45, 7) is 6.22. The first-order valence-electron chi connectivity index (χ1n) is 5.72. The van der Waals surface area contributed by atoms with E-state index in [-0.39, 0.29) is 5.54 Å². The Balaban J connectivity index is 2.22. The Hall–Kier alpha value is -0.860. The zero-order valence-corrected chi connectivity index (χ0v) is 9.59. The predicted molar refractivity (Wildman–Crippen MR) is 64.0 cm³/mol. The molecule has 0 bridgehead atoms. The van der Waals surface area contributed by atoms with Gasteiger partial charge in [-0.15, -0.1) is 0 Å². The van der Waals surface area contributed by atoms with E-state index in [0.29, 0.717) is 5.92 Å². The van der Waals surface area contributed by atoms with Crippen LogP contribution >= 0.6 is 0 Å². The highest BCUT2D eigenvalue weighted by molar-refractivity contribution is 5.29. The number of nitrogens with two attached hydrogens (primary N) is 1. The zero-order chi connectivity index (χ0) is 10.9. The third-order valence-corrected chi connectivity index (χ3v) is 3.44. The molecule has 1 aromatic rings. The van der Waals surface area contributed by atoms with Crippen molar-refractivity contribution in [3.63, 3.8) is 0 Å². The quantitative estimate of drug-likeness (QED) is 0.769. The number of nitrogens with one attached hydrogen (secondary N) is 1. The second-order valence-corrected chi connectivity index (χ2v) is 4.78. The molecule has 2 atom stereocenters. The maximum absolute atomic E-state index is 6.26. The van der Waals surface area contributed by atoms with Crippen LogP contribution in [0.1, 0.15) is 30.9 Å². The first-order valence-corrected chi connectivity index (χ1v) is 5.72. The van der Waals surface area contributed by atoms with Gasteiger partial charge in [0.25, 0.3) is 0 Å². The van der Waals surface area contributed by atoms with E-state index < -0.39 is 0 Å². The van der Waals surface area contributed by atoms with Crippen molar-refractivity contribution in [1.82, 2.24) is 5.32 Å². The lowest BCUT2D eigenvalue weighted by Gasteiger charge is -2.26. The Morgan fingerprint density at radius 3 is 2.53 bits per heavy atom. The Morgan fingerprint density at radius 2 is 2.07 bits per heavy atom. The van der Waals surface area contributed by atoms with Gasteiger partial charge >= 0.3 is 0 Å². The number of hydrogen-bond donors (Lipinski definition) is 2. The summed E-state index contributed by atoms with van der Waals surface area (Å²) in [6, 6.07) is 8.87. The standard InChI is InChI=1S/C13H20N2/c1-3-10-4-6-11(7-5-10)12-8-15-9-13(12,2)14/h4-7,12,15H,3,8-9,14H2,1-2H3. The van der Waals surface area contributed by atoms with Gasteiger partial charge in [0.1, 0.15) is 0 Å². The predicted octanol–water partition coefficient (Wildman–Crippen LogP) is 1.65. The third-order valence-electron chi connectivity index (χ3n) is 3.44. The molecule has 2 nitrogen and oxygen atoms in total. The maximum atomic E-state index is 6.26. The lowest BCUT2D eigenvalue weighted by atomic mass is 9.84. The molecule has 15 heavy (non-hydrogen) atoms. The van der Waals surface area contributed by atoms with Crippen molar-refractivity contribution in [2.24, 2.45) is 5.73 Å². The van der Waals surface area contributed by atoms with Crippen LogP contribution in [0.5, 0.6) is 0 Å². The number of hydrogen-bond acceptors (Lipinski definition) is 2. The lowest BCUT2D eigenvalue weighted by Crippen LogP contribution is -2.42. The lowest BCUT2D eigenvalue weighted by molar-refractivity contribution is 0.462. The summed E-state index contributed by atoms with van der Waals surface area (Å²) >= 11 is 0. The minimum Gasteiger partial charge on any atom is -0.324 e. The minimum atomic E-state index is -0.103. The molecule has 0 saturated carbocycles. The van der Waals surface area contributed by atoms with Gasteiger partial charge in [-0.1, -0.05) is 31.2 Å². The van der Waals surface area contributed by atoms with Crippen LogP contribution in [0, 0.1) is 0 Å². The fourth-order valence-electron chi connectivity index (χ4n) is 2.33. The molecule has 0 amide bonds. The van der Waals surface area contributed by atoms with E-state index in [1.165, 1.54) is 11.1 Å². The van der Waals surface area contributed by atoms with Gasteiger partial charge in [0.2, 0.25) is 0 Å². The fourth-order valence-corrected chi connectivity index (χ4v) is 2.33. The van der Waals surface area contributed by atoms with Crippen LogP contribution in [0.15, 0.2) is 24.3 Å². The van der Waals surface area contributed by atoms with Crippen molar-refractivity contribution < 1.29 is 0 Å². The average Bonchev–Trinajstić information content (AvgIpc) is 2.58. The highest BCUT2D eigenvalue weighted by Gasteiger charge is 2.35. The Morgan fingerprint density at radius 1 is 1.40 bits per heavy atom. The van der Waals surface area contributed by atoms with Crippen LogP contribution in [-0.4, -0.2) is 18.6 Å². The molecule has 2 rings (SSSR count). The van der Waals surface area contributed by atoms with Crippen LogP contribution in [0.25, 0.3) is 0 Å². The molecule has 1 fully saturated rings. The molecule has 0 radical (unpaired) electrons. The Bertz CT molecular complexity index is 327. The molecular formula is C13H20N2. The summed E-state index contributed by atoms with van der Waals surface area (Å²) in [5.74, 6) is 0.448. The topological polar surface area (TPSA) is 38.0 Å². The zero-order valence-electron chi connectivity index (χ0n) is 9.59. The molecule has 1 aliphatic heterocycles. The Labute approximate surface area is 91.9 Å². The number of rotatable bonds is 2. The first kappa shape index (κ1) is 10.7.